The molecule has 0 unspecified atom stereocenters. The summed E-state index contributed by atoms with van der Waals surface area (Å²) in [6, 6.07) is 13.5. The van der Waals surface area contributed by atoms with Crippen molar-refractivity contribution in [2.75, 3.05) is 0 Å². The zero-order valence-corrected chi connectivity index (χ0v) is 13.3. The van der Waals surface area contributed by atoms with Crippen LogP contribution in [0.3, 0.4) is 0 Å². The lowest BCUT2D eigenvalue weighted by Gasteiger charge is -2.04. The second kappa shape index (κ2) is 7.56. The summed E-state index contributed by atoms with van der Waals surface area (Å²) in [6.07, 6.45) is 3.20. The second-order valence-corrected chi connectivity index (χ2v) is 5.38. The normalized spacial score (nSPS) is 10.5. The molecule has 0 aliphatic carbocycles. The molecule has 2 aromatic rings. The highest BCUT2D eigenvalue weighted by Gasteiger charge is 2.06. The van der Waals surface area contributed by atoms with Crippen molar-refractivity contribution >= 4 is 29.4 Å². The third-order valence-electron chi connectivity index (χ3n) is 3.00. The number of halogens is 1. The molecular formula is C19H15ClO3. The fourth-order valence-electron chi connectivity index (χ4n) is 1.72. The molecule has 0 heterocycles. The number of hydrogen-bond donors (Lipinski definition) is 0. The average molecular weight is 327 g/mol. The van der Waals surface area contributed by atoms with Gasteiger partial charge in [-0.05, 0) is 55.0 Å². The van der Waals surface area contributed by atoms with Gasteiger partial charge in [0, 0.05) is 16.2 Å². The number of allylic oxidation sites excluding steroid dienone is 1. The standard InChI is InChI=1S/C19H15ClO3/c1-13(2)19(22)23-17-10-6-15(7-11-17)18(21)12-5-14-3-8-16(20)9-4-14/h3-12H,1H2,2H3/b12-5+. The fraction of sp³-hybridized carbons (Fsp3) is 0.0526. The number of carbonyl (C=O) groups is 2. The Morgan fingerprint density at radius 1 is 1.04 bits per heavy atom. The molecule has 2 aromatic carbocycles. The van der Waals surface area contributed by atoms with E-state index >= 15 is 0 Å². The van der Waals surface area contributed by atoms with Gasteiger partial charge >= 0.3 is 5.97 Å². The Morgan fingerprint density at radius 3 is 2.22 bits per heavy atom. The minimum Gasteiger partial charge on any atom is -0.423 e. The molecule has 0 N–H and O–H groups in total. The van der Waals surface area contributed by atoms with Gasteiger partial charge in [0.05, 0.1) is 0 Å². The van der Waals surface area contributed by atoms with Gasteiger partial charge in [-0.2, -0.15) is 0 Å². The van der Waals surface area contributed by atoms with Gasteiger partial charge in [-0.3, -0.25) is 4.79 Å². The molecule has 0 aliphatic heterocycles. The minimum atomic E-state index is -0.494. The van der Waals surface area contributed by atoms with E-state index in [1.807, 2.05) is 12.1 Å². The highest BCUT2D eigenvalue weighted by molar-refractivity contribution is 6.30. The van der Waals surface area contributed by atoms with E-state index in [9.17, 15) is 9.59 Å². The molecule has 116 valence electrons. The van der Waals surface area contributed by atoms with Crippen LogP contribution >= 0.6 is 11.6 Å². The Bertz CT molecular complexity index is 756. The molecule has 0 bridgehead atoms. The predicted octanol–water partition coefficient (Wildman–Crippen LogP) is 4.72. The average Bonchev–Trinajstić information content (AvgIpc) is 2.54. The highest BCUT2D eigenvalue weighted by Crippen LogP contribution is 2.15. The molecule has 0 radical (unpaired) electrons. The first-order valence-electron chi connectivity index (χ1n) is 6.91. The maximum atomic E-state index is 12.1. The summed E-state index contributed by atoms with van der Waals surface area (Å²) in [6.45, 7) is 5.08. The molecule has 4 heteroatoms. The molecule has 0 saturated carbocycles. The Labute approximate surface area is 139 Å². The van der Waals surface area contributed by atoms with E-state index in [-0.39, 0.29) is 5.78 Å². The molecule has 23 heavy (non-hydrogen) atoms. The number of rotatable bonds is 5. The van der Waals surface area contributed by atoms with Gasteiger partial charge in [-0.1, -0.05) is 36.4 Å². The summed E-state index contributed by atoms with van der Waals surface area (Å²) >= 11 is 5.81. The number of hydrogen-bond acceptors (Lipinski definition) is 3. The van der Waals surface area contributed by atoms with Crippen LogP contribution in [0.15, 0.2) is 66.8 Å². The second-order valence-electron chi connectivity index (χ2n) is 4.94. The van der Waals surface area contributed by atoms with Crippen LogP contribution in [-0.4, -0.2) is 11.8 Å². The fourth-order valence-corrected chi connectivity index (χ4v) is 1.85. The van der Waals surface area contributed by atoms with Gasteiger partial charge in [0.25, 0.3) is 0 Å². The summed E-state index contributed by atoms with van der Waals surface area (Å²) in [5.41, 5.74) is 1.70. The molecule has 2 rings (SSSR count). The summed E-state index contributed by atoms with van der Waals surface area (Å²) in [5, 5.41) is 0.647. The van der Waals surface area contributed by atoms with Gasteiger partial charge in [0.15, 0.2) is 5.78 Å². The SMILES string of the molecule is C=C(C)C(=O)Oc1ccc(C(=O)/C=C/c2ccc(Cl)cc2)cc1. The Morgan fingerprint density at radius 2 is 1.65 bits per heavy atom. The summed E-state index contributed by atoms with van der Waals surface area (Å²) in [4.78, 5) is 23.5. The summed E-state index contributed by atoms with van der Waals surface area (Å²) in [7, 11) is 0. The van der Waals surface area contributed by atoms with E-state index in [0.717, 1.165) is 5.56 Å². The van der Waals surface area contributed by atoms with Crippen molar-refractivity contribution in [3.8, 4) is 5.75 Å². The largest absolute Gasteiger partial charge is 0.423 e. The first-order valence-corrected chi connectivity index (χ1v) is 7.29. The maximum absolute atomic E-state index is 12.1. The molecule has 0 aromatic heterocycles. The van der Waals surface area contributed by atoms with Gasteiger partial charge in [-0.25, -0.2) is 4.79 Å². The van der Waals surface area contributed by atoms with Crippen molar-refractivity contribution in [2.24, 2.45) is 0 Å². The molecule has 0 spiro atoms. The van der Waals surface area contributed by atoms with Crippen molar-refractivity contribution in [3.05, 3.63) is 82.9 Å². The summed E-state index contributed by atoms with van der Waals surface area (Å²) < 4.78 is 5.07. The molecule has 0 aliphatic rings. The molecule has 0 fully saturated rings. The first kappa shape index (κ1) is 16.7. The molecule has 0 saturated heterocycles. The van der Waals surface area contributed by atoms with Crippen LogP contribution in [0, 0.1) is 0 Å². The Hall–Kier alpha value is -2.65. The molecule has 0 amide bonds. The van der Waals surface area contributed by atoms with Crippen LogP contribution in [0.2, 0.25) is 5.02 Å². The zero-order chi connectivity index (χ0) is 16.8. The quantitative estimate of drug-likeness (QED) is 0.345. The topological polar surface area (TPSA) is 43.4 Å². The number of carbonyl (C=O) groups excluding carboxylic acids is 2. The van der Waals surface area contributed by atoms with Crippen molar-refractivity contribution in [1.29, 1.82) is 0 Å². The number of benzene rings is 2. The van der Waals surface area contributed by atoms with Gasteiger partial charge < -0.3 is 4.74 Å². The van der Waals surface area contributed by atoms with Crippen LogP contribution in [-0.2, 0) is 4.79 Å². The third-order valence-corrected chi connectivity index (χ3v) is 3.25. The van der Waals surface area contributed by atoms with Gasteiger partial charge in [0.2, 0.25) is 0 Å². The van der Waals surface area contributed by atoms with Crippen molar-refractivity contribution in [1.82, 2.24) is 0 Å². The van der Waals surface area contributed by atoms with Crippen molar-refractivity contribution in [2.45, 2.75) is 6.92 Å². The van der Waals surface area contributed by atoms with E-state index < -0.39 is 5.97 Å². The Balaban J connectivity index is 2.04. The molecular weight excluding hydrogens is 312 g/mol. The van der Waals surface area contributed by atoms with E-state index in [4.69, 9.17) is 16.3 Å². The van der Waals surface area contributed by atoms with Crippen LogP contribution in [0.1, 0.15) is 22.8 Å². The first-order chi connectivity index (χ1) is 11.0. The van der Waals surface area contributed by atoms with E-state index in [1.165, 1.54) is 6.08 Å². The van der Waals surface area contributed by atoms with E-state index in [1.54, 1.807) is 49.4 Å². The minimum absolute atomic E-state index is 0.141. The van der Waals surface area contributed by atoms with Gasteiger partial charge in [0.1, 0.15) is 5.75 Å². The predicted molar refractivity (Wildman–Crippen MR) is 91.7 cm³/mol. The lowest BCUT2D eigenvalue weighted by molar-refractivity contribution is -0.130. The zero-order valence-electron chi connectivity index (χ0n) is 12.6. The van der Waals surface area contributed by atoms with Crippen LogP contribution in [0.25, 0.3) is 6.08 Å². The lowest BCUT2D eigenvalue weighted by Crippen LogP contribution is -2.08. The highest BCUT2D eigenvalue weighted by atomic mass is 35.5. The maximum Gasteiger partial charge on any atom is 0.338 e. The smallest absolute Gasteiger partial charge is 0.338 e. The third kappa shape index (κ3) is 4.94. The van der Waals surface area contributed by atoms with E-state index in [0.29, 0.717) is 21.9 Å². The summed E-state index contributed by atoms with van der Waals surface area (Å²) in [5.74, 6) is -0.263. The van der Waals surface area contributed by atoms with E-state index in [2.05, 4.69) is 6.58 Å². The van der Waals surface area contributed by atoms with Crippen LogP contribution in [0.4, 0.5) is 0 Å². The van der Waals surface area contributed by atoms with Crippen LogP contribution in [0.5, 0.6) is 5.75 Å². The lowest BCUT2D eigenvalue weighted by atomic mass is 10.1. The van der Waals surface area contributed by atoms with Crippen LogP contribution < -0.4 is 4.74 Å². The Kier molecular flexibility index (Phi) is 5.50. The molecule has 3 nitrogen and oxygen atoms in total. The van der Waals surface area contributed by atoms with Gasteiger partial charge in [-0.15, -0.1) is 0 Å². The molecule has 0 atom stereocenters. The number of esters is 1. The van der Waals surface area contributed by atoms with Crippen molar-refractivity contribution < 1.29 is 14.3 Å². The monoisotopic (exact) mass is 326 g/mol. The number of ketones is 1. The number of ether oxygens (including phenoxy) is 1. The van der Waals surface area contributed by atoms with Crippen molar-refractivity contribution in [3.63, 3.8) is 0 Å².